The maximum Gasteiger partial charge on any atom is 0.461 e. The Labute approximate surface area is 112 Å². The van der Waals surface area contributed by atoms with Crippen molar-refractivity contribution in [3.8, 4) is 0 Å². The predicted octanol–water partition coefficient (Wildman–Crippen LogP) is 4.09. The maximum absolute atomic E-state index is 14.5. The second kappa shape index (κ2) is 6.05. The second-order valence-electron chi connectivity index (χ2n) is 4.66. The Hall–Kier alpha value is -1.21. The number of nitrogens with one attached hydrogen (secondary N) is 1. The van der Waals surface area contributed by atoms with Gasteiger partial charge in [0, 0.05) is 6.42 Å². The van der Waals surface area contributed by atoms with E-state index in [1.807, 2.05) is 6.92 Å². The van der Waals surface area contributed by atoms with Crippen LogP contribution in [-0.4, -0.2) is 17.1 Å². The van der Waals surface area contributed by atoms with E-state index in [1.165, 1.54) is 0 Å². The first-order valence-electron chi connectivity index (χ1n) is 6.35. The van der Waals surface area contributed by atoms with Crippen LogP contribution in [-0.2, 0) is 5.79 Å². The number of alkyl halides is 6. The number of aromatic amines is 1. The predicted molar refractivity (Wildman–Crippen MR) is 59.8 cm³/mol. The Morgan fingerprint density at radius 3 is 2.10 bits per heavy atom. The number of unbranched alkanes of at least 4 members (excludes halogenated alkanes) is 3. The van der Waals surface area contributed by atoms with Crippen molar-refractivity contribution in [3.63, 3.8) is 0 Å². The molecule has 0 saturated heterocycles. The molecule has 0 bridgehead atoms. The maximum atomic E-state index is 14.5. The van der Waals surface area contributed by atoms with Crippen molar-refractivity contribution in [3.05, 3.63) is 18.7 Å². The van der Waals surface area contributed by atoms with E-state index >= 15 is 0 Å². The Bertz CT molecular complexity index is 401. The number of imidazole rings is 1. The third-order valence-corrected chi connectivity index (χ3v) is 3.15. The molecule has 0 aliphatic heterocycles. The lowest BCUT2D eigenvalue weighted by atomic mass is 9.98. The van der Waals surface area contributed by atoms with Crippen molar-refractivity contribution in [1.82, 2.24) is 4.98 Å². The number of H-pyrrole nitrogens is 1. The first-order valence-corrected chi connectivity index (χ1v) is 6.35. The fourth-order valence-corrected chi connectivity index (χ4v) is 1.96. The zero-order valence-electron chi connectivity index (χ0n) is 11.0. The van der Waals surface area contributed by atoms with Crippen molar-refractivity contribution in [1.29, 1.82) is 0 Å². The van der Waals surface area contributed by atoms with E-state index in [1.54, 1.807) is 0 Å². The molecule has 116 valence electrons. The Morgan fingerprint density at radius 2 is 1.65 bits per heavy atom. The quantitative estimate of drug-likeness (QED) is 0.445. The highest BCUT2D eigenvalue weighted by molar-refractivity contribution is 4.87. The normalized spacial score (nSPS) is 16.1. The van der Waals surface area contributed by atoms with E-state index < -0.39 is 24.3 Å². The summed E-state index contributed by atoms with van der Waals surface area (Å²) in [5.74, 6) is -9.28. The van der Waals surface area contributed by atoms with Crippen LogP contribution in [0.25, 0.3) is 0 Å². The minimum absolute atomic E-state index is 0.0474. The van der Waals surface area contributed by atoms with Gasteiger partial charge in [-0.15, -0.1) is 0 Å². The third kappa shape index (κ3) is 3.09. The summed E-state index contributed by atoms with van der Waals surface area (Å²) in [4.78, 5) is 2.28. The van der Waals surface area contributed by atoms with Crippen LogP contribution < -0.4 is 4.57 Å². The van der Waals surface area contributed by atoms with Gasteiger partial charge < -0.3 is 0 Å². The van der Waals surface area contributed by atoms with Gasteiger partial charge in [0.2, 0.25) is 6.33 Å². The molecule has 1 N–H and O–H groups in total. The lowest BCUT2D eigenvalue weighted by molar-refractivity contribution is -0.820. The summed E-state index contributed by atoms with van der Waals surface area (Å²) >= 11 is 0. The van der Waals surface area contributed by atoms with E-state index in [0.717, 1.165) is 25.1 Å². The number of halogens is 6. The molecule has 1 aromatic heterocycles. The molecule has 0 saturated carbocycles. The van der Waals surface area contributed by atoms with E-state index in [9.17, 15) is 26.3 Å². The van der Waals surface area contributed by atoms with Gasteiger partial charge in [-0.3, -0.25) is 4.98 Å². The Kier molecular flexibility index (Phi) is 5.10. The Balaban J connectivity index is 3.02. The van der Waals surface area contributed by atoms with E-state index in [2.05, 4.69) is 4.98 Å². The molecule has 2 nitrogen and oxygen atoms in total. The lowest BCUT2D eigenvalue weighted by Gasteiger charge is -2.31. The van der Waals surface area contributed by atoms with Gasteiger partial charge in [0.05, 0.1) is 0 Å². The van der Waals surface area contributed by atoms with Gasteiger partial charge in [-0.05, 0) is 6.42 Å². The van der Waals surface area contributed by atoms with Crippen LogP contribution in [0.5, 0.6) is 0 Å². The second-order valence-corrected chi connectivity index (χ2v) is 4.66. The van der Waals surface area contributed by atoms with Gasteiger partial charge in [0.15, 0.2) is 0 Å². The number of hydrogen-bond acceptors (Lipinski definition) is 0. The van der Waals surface area contributed by atoms with Gasteiger partial charge in [0.1, 0.15) is 12.4 Å². The number of nitrogens with zero attached hydrogens (tertiary/aromatic N) is 1. The molecule has 0 aliphatic carbocycles. The van der Waals surface area contributed by atoms with E-state index in [4.69, 9.17) is 0 Å². The van der Waals surface area contributed by atoms with Gasteiger partial charge in [-0.25, -0.2) is 0 Å². The minimum Gasteiger partial charge on any atom is -0.250 e. The summed E-state index contributed by atoms with van der Waals surface area (Å²) in [6, 6.07) is 0. The van der Waals surface area contributed by atoms with Gasteiger partial charge in [-0.1, -0.05) is 26.2 Å². The first kappa shape index (κ1) is 16.8. The van der Waals surface area contributed by atoms with E-state index in [-0.39, 0.29) is 11.0 Å². The summed E-state index contributed by atoms with van der Waals surface area (Å²) < 4.78 is 79.3. The highest BCUT2D eigenvalue weighted by Gasteiger charge is 2.74. The molecule has 1 rings (SSSR count). The van der Waals surface area contributed by atoms with Crippen molar-refractivity contribution in [2.24, 2.45) is 0 Å². The highest BCUT2D eigenvalue weighted by Crippen LogP contribution is 2.48. The monoisotopic (exact) mass is 303 g/mol. The highest BCUT2D eigenvalue weighted by atomic mass is 19.4. The molecule has 1 atom stereocenters. The first-order chi connectivity index (χ1) is 9.17. The molecule has 1 heterocycles. The van der Waals surface area contributed by atoms with Gasteiger partial charge in [-0.2, -0.15) is 30.9 Å². The summed E-state index contributed by atoms with van der Waals surface area (Å²) in [5, 5.41) is 0. The standard InChI is InChI=1S/C12H16F6N2/c1-2-3-4-5-6-10(13,20-8-7-19-9-20)11(14,15)12(16,17)18/h7-9H,2-6H2,1H3/p+1. The van der Waals surface area contributed by atoms with Crippen LogP contribution in [0.3, 0.4) is 0 Å². The van der Waals surface area contributed by atoms with Crippen LogP contribution >= 0.6 is 0 Å². The summed E-state index contributed by atoms with van der Waals surface area (Å²) in [7, 11) is 0. The van der Waals surface area contributed by atoms with Crippen molar-refractivity contribution >= 4 is 0 Å². The molecule has 0 amide bonds. The zero-order chi connectivity index (χ0) is 15.4. The molecule has 8 heteroatoms. The molecule has 1 aromatic rings. The van der Waals surface area contributed by atoms with Gasteiger partial charge >= 0.3 is 17.9 Å². The SMILES string of the molecule is CCCCCCC(F)([n+]1cc[nH]c1)C(F)(F)C(F)(F)F. The largest absolute Gasteiger partial charge is 0.461 e. The van der Waals surface area contributed by atoms with Crippen LogP contribution in [0, 0.1) is 0 Å². The van der Waals surface area contributed by atoms with Crippen molar-refractivity contribution in [2.75, 3.05) is 0 Å². The molecular weight excluding hydrogens is 286 g/mol. The third-order valence-electron chi connectivity index (χ3n) is 3.15. The smallest absolute Gasteiger partial charge is 0.250 e. The fraction of sp³-hybridized carbons (Fsp3) is 0.750. The average Bonchev–Trinajstić information content (AvgIpc) is 2.87. The van der Waals surface area contributed by atoms with Gasteiger partial charge in [0.25, 0.3) is 0 Å². The van der Waals surface area contributed by atoms with Crippen molar-refractivity contribution < 1.29 is 30.9 Å². The molecule has 20 heavy (non-hydrogen) atoms. The molecule has 0 radical (unpaired) electrons. The number of aromatic nitrogens is 2. The van der Waals surface area contributed by atoms with Crippen molar-refractivity contribution in [2.45, 2.75) is 56.9 Å². The number of rotatable bonds is 7. The fourth-order valence-electron chi connectivity index (χ4n) is 1.96. The molecular formula is C12H17F6N2+. The Morgan fingerprint density at radius 1 is 1.00 bits per heavy atom. The molecule has 1 unspecified atom stereocenters. The number of hydrogen-bond donors (Lipinski definition) is 1. The topological polar surface area (TPSA) is 19.7 Å². The van der Waals surface area contributed by atoms with Crippen LogP contribution in [0.2, 0.25) is 0 Å². The van der Waals surface area contributed by atoms with Crippen LogP contribution in [0.1, 0.15) is 39.0 Å². The molecule has 0 spiro atoms. The van der Waals surface area contributed by atoms with E-state index in [0.29, 0.717) is 12.8 Å². The molecule has 0 fully saturated rings. The molecule has 0 aliphatic rings. The summed E-state index contributed by atoms with van der Waals surface area (Å²) in [6.07, 6.45) is -2.38. The van der Waals surface area contributed by atoms with Crippen LogP contribution in [0.4, 0.5) is 26.3 Å². The average molecular weight is 303 g/mol. The lowest BCUT2D eigenvalue weighted by Crippen LogP contribution is -2.67. The molecule has 0 aromatic carbocycles. The summed E-state index contributed by atoms with van der Waals surface area (Å²) in [6.45, 7) is 1.86. The zero-order valence-corrected chi connectivity index (χ0v) is 11.0. The summed E-state index contributed by atoms with van der Waals surface area (Å²) in [5.41, 5.74) is 0. The minimum atomic E-state index is -5.95. The van der Waals surface area contributed by atoms with Crippen LogP contribution in [0.15, 0.2) is 18.7 Å².